The van der Waals surface area contributed by atoms with Crippen molar-refractivity contribution in [2.75, 3.05) is 0 Å². The molecule has 0 heterocycles. The number of rotatable bonds is 8. The smallest absolute Gasteiger partial charge is 0.127 e. The first-order valence-electron chi connectivity index (χ1n) is 19.3. The van der Waals surface area contributed by atoms with Gasteiger partial charge in [-0.15, -0.1) is 0 Å². The van der Waals surface area contributed by atoms with Crippen molar-refractivity contribution in [1.82, 2.24) is 0 Å². The van der Waals surface area contributed by atoms with Gasteiger partial charge in [-0.2, -0.15) is 0 Å². The molecule has 4 aromatic rings. The molecule has 0 bridgehead atoms. The molecule has 4 aromatic carbocycles. The molecule has 2 nitrogen and oxygen atoms in total. The fraction of sp³-hybridized carbons (Fsp3) is 0.265. The SMILES string of the molecule is CC1=CC2=C(C=CC=CC2c2cc(OC3CC3)c3ccccc3c2)C1[Si](C)C1C(C)=CC2=C1C=CC=CC2c1cc(OC2CC2)c2ccccc2c1. The third-order valence-corrected chi connectivity index (χ3v) is 15.3. The van der Waals surface area contributed by atoms with Gasteiger partial charge in [-0.05, 0) is 119 Å². The van der Waals surface area contributed by atoms with Crippen LogP contribution in [0.25, 0.3) is 21.5 Å². The van der Waals surface area contributed by atoms with Gasteiger partial charge in [-0.25, -0.2) is 0 Å². The lowest BCUT2D eigenvalue weighted by Crippen LogP contribution is -2.25. The van der Waals surface area contributed by atoms with Crippen LogP contribution in [0.1, 0.15) is 62.5 Å². The number of hydrogen-bond donors (Lipinski definition) is 0. The highest BCUT2D eigenvalue weighted by atomic mass is 28.3. The van der Waals surface area contributed by atoms with Crippen molar-refractivity contribution in [3.8, 4) is 11.5 Å². The van der Waals surface area contributed by atoms with Crippen molar-refractivity contribution in [3.05, 3.63) is 178 Å². The Labute approximate surface area is 309 Å². The zero-order chi connectivity index (χ0) is 34.9. The molecule has 1 radical (unpaired) electrons. The molecule has 6 aliphatic carbocycles. The quantitative estimate of drug-likeness (QED) is 0.171. The van der Waals surface area contributed by atoms with E-state index in [2.05, 4.69) is 154 Å². The van der Waals surface area contributed by atoms with Crippen LogP contribution >= 0.6 is 0 Å². The summed E-state index contributed by atoms with van der Waals surface area (Å²) >= 11 is 0. The number of ether oxygens (including phenoxy) is 2. The van der Waals surface area contributed by atoms with Crippen molar-refractivity contribution in [2.45, 2.75) is 81.2 Å². The molecule has 10 rings (SSSR count). The topological polar surface area (TPSA) is 18.5 Å². The maximum absolute atomic E-state index is 6.52. The minimum atomic E-state index is -0.980. The largest absolute Gasteiger partial charge is 0.490 e. The van der Waals surface area contributed by atoms with E-state index in [1.165, 1.54) is 66.1 Å². The average Bonchev–Trinajstić information content (AvgIpc) is 4.09. The average molecular weight is 694 g/mol. The second-order valence-corrected chi connectivity index (χ2v) is 18.4. The molecule has 4 unspecified atom stereocenters. The summed E-state index contributed by atoms with van der Waals surface area (Å²) in [6, 6.07) is 26.9. The fourth-order valence-electron chi connectivity index (χ4n) is 9.28. The van der Waals surface area contributed by atoms with Gasteiger partial charge in [0.15, 0.2) is 0 Å². The van der Waals surface area contributed by atoms with E-state index < -0.39 is 8.80 Å². The maximum atomic E-state index is 6.52. The van der Waals surface area contributed by atoms with Gasteiger partial charge in [-0.3, -0.25) is 0 Å². The highest BCUT2D eigenvalue weighted by Gasteiger charge is 2.41. The molecule has 0 aliphatic heterocycles. The lowest BCUT2D eigenvalue weighted by atomic mass is 9.88. The summed E-state index contributed by atoms with van der Waals surface area (Å²) in [5.74, 6) is 2.44. The molecule has 2 saturated carbocycles. The summed E-state index contributed by atoms with van der Waals surface area (Å²) in [5, 5.41) is 4.94. The van der Waals surface area contributed by atoms with Crippen molar-refractivity contribution < 1.29 is 9.47 Å². The molecule has 257 valence electrons. The molecule has 0 saturated heterocycles. The molecular formula is C49H45O2Si. The zero-order valence-electron chi connectivity index (χ0n) is 30.3. The predicted octanol–water partition coefficient (Wildman–Crippen LogP) is 12.6. The van der Waals surface area contributed by atoms with Crippen molar-refractivity contribution in [1.29, 1.82) is 0 Å². The van der Waals surface area contributed by atoms with E-state index in [1.54, 1.807) is 0 Å². The van der Waals surface area contributed by atoms with Gasteiger partial charge in [0, 0.05) is 22.6 Å². The lowest BCUT2D eigenvalue weighted by Gasteiger charge is -2.30. The summed E-state index contributed by atoms with van der Waals surface area (Å²) in [6.07, 6.45) is 29.1. The van der Waals surface area contributed by atoms with Gasteiger partial charge < -0.3 is 9.47 Å². The highest BCUT2D eigenvalue weighted by Crippen LogP contribution is 2.54. The number of hydrogen-bond acceptors (Lipinski definition) is 2. The van der Waals surface area contributed by atoms with Gasteiger partial charge in [0.2, 0.25) is 0 Å². The second-order valence-electron chi connectivity index (χ2n) is 15.8. The molecule has 0 N–H and O–H groups in total. The molecular weight excluding hydrogens is 649 g/mol. The fourth-order valence-corrected chi connectivity index (χ4v) is 12.7. The zero-order valence-corrected chi connectivity index (χ0v) is 31.3. The third kappa shape index (κ3) is 5.62. The van der Waals surface area contributed by atoms with Crippen LogP contribution in [-0.2, 0) is 0 Å². The van der Waals surface area contributed by atoms with Crippen molar-refractivity contribution in [2.24, 2.45) is 0 Å². The van der Waals surface area contributed by atoms with Gasteiger partial charge in [0.05, 0.1) is 21.0 Å². The summed E-state index contributed by atoms with van der Waals surface area (Å²) in [4.78, 5) is 0. The van der Waals surface area contributed by atoms with Crippen LogP contribution in [0.15, 0.2) is 167 Å². The van der Waals surface area contributed by atoms with E-state index in [0.717, 1.165) is 37.2 Å². The molecule has 0 amide bonds. The molecule has 6 aliphatic rings. The molecule has 3 heteroatoms. The first-order valence-corrected chi connectivity index (χ1v) is 21.4. The highest BCUT2D eigenvalue weighted by molar-refractivity contribution is 6.64. The number of allylic oxidation sites excluding steroid dienone is 16. The van der Waals surface area contributed by atoms with E-state index >= 15 is 0 Å². The van der Waals surface area contributed by atoms with Crippen LogP contribution in [0.4, 0.5) is 0 Å². The second kappa shape index (κ2) is 12.7. The molecule has 52 heavy (non-hydrogen) atoms. The summed E-state index contributed by atoms with van der Waals surface area (Å²) in [7, 11) is -0.980. The third-order valence-electron chi connectivity index (χ3n) is 12.0. The number of fused-ring (bicyclic) bond motifs is 2. The molecule has 2 fully saturated rings. The lowest BCUT2D eigenvalue weighted by molar-refractivity contribution is 0.306. The minimum absolute atomic E-state index is 0.187. The minimum Gasteiger partial charge on any atom is -0.490 e. The normalized spacial score (nSPS) is 25.1. The summed E-state index contributed by atoms with van der Waals surface area (Å²) in [5.41, 5.74) is 12.4. The first-order chi connectivity index (χ1) is 25.5. The Morgan fingerprint density at radius 2 is 0.981 bits per heavy atom. The Bertz CT molecular complexity index is 2220. The van der Waals surface area contributed by atoms with Gasteiger partial charge in [0.1, 0.15) is 11.5 Å². The monoisotopic (exact) mass is 693 g/mol. The van der Waals surface area contributed by atoms with E-state index in [4.69, 9.17) is 9.47 Å². The first kappa shape index (κ1) is 31.8. The maximum Gasteiger partial charge on any atom is 0.127 e. The van der Waals surface area contributed by atoms with Crippen LogP contribution in [0.2, 0.25) is 17.6 Å². The van der Waals surface area contributed by atoms with Gasteiger partial charge >= 0.3 is 0 Å². The molecule has 0 spiro atoms. The predicted molar refractivity (Wildman–Crippen MR) is 218 cm³/mol. The van der Waals surface area contributed by atoms with E-state index in [1.807, 2.05) is 0 Å². The van der Waals surface area contributed by atoms with Crippen LogP contribution in [-0.4, -0.2) is 21.0 Å². The van der Waals surface area contributed by atoms with Gasteiger partial charge in [-0.1, -0.05) is 127 Å². The van der Waals surface area contributed by atoms with Crippen LogP contribution < -0.4 is 9.47 Å². The van der Waals surface area contributed by atoms with Crippen LogP contribution in [0.5, 0.6) is 11.5 Å². The summed E-state index contributed by atoms with van der Waals surface area (Å²) < 4.78 is 13.0. The van der Waals surface area contributed by atoms with Gasteiger partial charge in [0.25, 0.3) is 0 Å². The van der Waals surface area contributed by atoms with E-state index in [0.29, 0.717) is 23.3 Å². The van der Waals surface area contributed by atoms with E-state index in [-0.39, 0.29) is 11.8 Å². The Morgan fingerprint density at radius 3 is 1.42 bits per heavy atom. The van der Waals surface area contributed by atoms with Crippen molar-refractivity contribution in [3.63, 3.8) is 0 Å². The standard InChI is InChI=1S/C49H45O2Si/c1-30-24-44-38(34-26-32-12-4-6-16-40(32)46(28-34)50-36-20-21-36)14-8-10-18-42(44)48(30)52(3)49-31(2)25-45-39(15-9-11-19-43(45)49)35-27-33-13-5-7-17-41(33)47(29-35)51-37-22-23-37/h4-19,24-29,36-39,48-49H,20-23H2,1-3H3. The Kier molecular flexibility index (Phi) is 7.76. The molecule has 4 atom stereocenters. The Morgan fingerprint density at radius 1 is 0.538 bits per heavy atom. The number of benzene rings is 4. The Balaban J connectivity index is 1.01. The molecule has 0 aromatic heterocycles. The van der Waals surface area contributed by atoms with Crippen molar-refractivity contribution >= 4 is 30.3 Å². The van der Waals surface area contributed by atoms with E-state index in [9.17, 15) is 0 Å². The summed E-state index contributed by atoms with van der Waals surface area (Å²) in [6.45, 7) is 7.37. The van der Waals surface area contributed by atoms with Crippen LogP contribution in [0.3, 0.4) is 0 Å². The van der Waals surface area contributed by atoms with Crippen LogP contribution in [0, 0.1) is 0 Å². The Hall–Kier alpha value is -4.86.